The predicted octanol–water partition coefficient (Wildman–Crippen LogP) is 2.43. The number of hydrogen-bond acceptors (Lipinski definition) is 1. The zero-order valence-electron chi connectivity index (χ0n) is 7.85. The first kappa shape index (κ1) is 8.98. The maximum Gasteiger partial charge on any atom is 0.134 e. The lowest BCUT2D eigenvalue weighted by molar-refractivity contribution is -0.116. The van der Waals surface area contributed by atoms with Crippen molar-refractivity contribution in [3.05, 3.63) is 34.9 Å². The van der Waals surface area contributed by atoms with Gasteiger partial charge in [-0.05, 0) is 37.5 Å². The SMILES string of the molecule is CC(=O)Cc1cccc(C)c1C. The predicted molar refractivity (Wildman–Crippen MR) is 50.3 cm³/mol. The van der Waals surface area contributed by atoms with Crippen molar-refractivity contribution in [3.8, 4) is 0 Å². The van der Waals surface area contributed by atoms with Crippen LogP contribution in [0.5, 0.6) is 0 Å². The minimum absolute atomic E-state index is 0.226. The Hall–Kier alpha value is -1.11. The van der Waals surface area contributed by atoms with Gasteiger partial charge in [-0.25, -0.2) is 0 Å². The number of carbonyl (C=O) groups is 1. The van der Waals surface area contributed by atoms with Crippen molar-refractivity contribution < 1.29 is 4.79 Å². The largest absolute Gasteiger partial charge is 0.300 e. The number of hydrogen-bond donors (Lipinski definition) is 0. The van der Waals surface area contributed by atoms with Crippen LogP contribution < -0.4 is 0 Å². The van der Waals surface area contributed by atoms with Gasteiger partial charge in [0.25, 0.3) is 0 Å². The molecule has 1 aromatic carbocycles. The van der Waals surface area contributed by atoms with Gasteiger partial charge in [-0.3, -0.25) is 4.79 Å². The maximum atomic E-state index is 10.9. The highest BCUT2D eigenvalue weighted by Crippen LogP contribution is 2.13. The van der Waals surface area contributed by atoms with Crippen LogP contribution in [0.4, 0.5) is 0 Å². The highest BCUT2D eigenvalue weighted by atomic mass is 16.1. The number of carbonyl (C=O) groups excluding carboxylic acids is 1. The molecule has 0 aromatic heterocycles. The summed E-state index contributed by atoms with van der Waals surface area (Å²) in [5.74, 6) is 0.226. The summed E-state index contributed by atoms with van der Waals surface area (Å²) in [5.41, 5.74) is 3.66. The monoisotopic (exact) mass is 162 g/mol. The fraction of sp³-hybridized carbons (Fsp3) is 0.364. The summed E-state index contributed by atoms with van der Waals surface area (Å²) in [5, 5.41) is 0. The lowest BCUT2D eigenvalue weighted by atomic mass is 10.00. The van der Waals surface area contributed by atoms with Gasteiger partial charge in [0.2, 0.25) is 0 Å². The topological polar surface area (TPSA) is 17.1 Å². The van der Waals surface area contributed by atoms with E-state index in [9.17, 15) is 4.79 Å². The van der Waals surface area contributed by atoms with Crippen molar-refractivity contribution in [2.75, 3.05) is 0 Å². The van der Waals surface area contributed by atoms with Crippen molar-refractivity contribution in [2.24, 2.45) is 0 Å². The maximum absolute atomic E-state index is 10.9. The summed E-state index contributed by atoms with van der Waals surface area (Å²) in [6.07, 6.45) is 0.563. The molecule has 1 aromatic rings. The molecule has 0 bridgehead atoms. The van der Waals surface area contributed by atoms with E-state index in [1.165, 1.54) is 11.1 Å². The minimum Gasteiger partial charge on any atom is -0.300 e. The first-order valence-electron chi connectivity index (χ1n) is 4.16. The second kappa shape index (κ2) is 3.53. The molecule has 0 amide bonds. The third kappa shape index (κ3) is 1.94. The highest BCUT2D eigenvalue weighted by Gasteiger charge is 2.02. The molecule has 0 spiro atoms. The van der Waals surface area contributed by atoms with Crippen molar-refractivity contribution in [1.82, 2.24) is 0 Å². The summed E-state index contributed by atoms with van der Waals surface area (Å²) in [7, 11) is 0. The van der Waals surface area contributed by atoms with E-state index in [1.807, 2.05) is 12.1 Å². The molecule has 0 aliphatic rings. The third-order valence-corrected chi connectivity index (χ3v) is 2.16. The van der Waals surface area contributed by atoms with Crippen LogP contribution in [-0.4, -0.2) is 5.78 Å². The summed E-state index contributed by atoms with van der Waals surface area (Å²) in [4.78, 5) is 10.9. The molecule has 0 aliphatic heterocycles. The third-order valence-electron chi connectivity index (χ3n) is 2.16. The Morgan fingerprint density at radius 3 is 2.58 bits per heavy atom. The molecule has 0 atom stereocenters. The van der Waals surface area contributed by atoms with E-state index < -0.39 is 0 Å². The fourth-order valence-corrected chi connectivity index (χ4v) is 1.27. The Morgan fingerprint density at radius 2 is 2.00 bits per heavy atom. The van der Waals surface area contributed by atoms with Crippen LogP contribution in [0, 0.1) is 13.8 Å². The molecular weight excluding hydrogens is 148 g/mol. The van der Waals surface area contributed by atoms with Gasteiger partial charge in [0.15, 0.2) is 0 Å². The number of Topliss-reactive ketones (excluding diaryl/α,β-unsaturated/α-hetero) is 1. The van der Waals surface area contributed by atoms with Gasteiger partial charge in [-0.1, -0.05) is 18.2 Å². The normalized spacial score (nSPS) is 9.92. The van der Waals surface area contributed by atoms with Crippen molar-refractivity contribution >= 4 is 5.78 Å². The molecule has 1 heteroatoms. The summed E-state index contributed by atoms with van der Waals surface area (Å²) in [6.45, 7) is 5.76. The van der Waals surface area contributed by atoms with E-state index in [2.05, 4.69) is 19.9 Å². The molecule has 0 aliphatic carbocycles. The first-order valence-corrected chi connectivity index (χ1v) is 4.16. The average molecular weight is 162 g/mol. The van der Waals surface area contributed by atoms with E-state index >= 15 is 0 Å². The van der Waals surface area contributed by atoms with E-state index in [0.29, 0.717) is 6.42 Å². The van der Waals surface area contributed by atoms with Crippen LogP contribution in [0.1, 0.15) is 23.6 Å². The first-order chi connectivity index (χ1) is 5.61. The second-order valence-electron chi connectivity index (χ2n) is 3.24. The molecule has 1 rings (SSSR count). The van der Waals surface area contributed by atoms with E-state index in [-0.39, 0.29) is 5.78 Å². The van der Waals surface area contributed by atoms with E-state index in [0.717, 1.165) is 5.56 Å². The number of benzene rings is 1. The molecule has 1 nitrogen and oxygen atoms in total. The average Bonchev–Trinajstić information content (AvgIpc) is 1.98. The van der Waals surface area contributed by atoms with Gasteiger partial charge in [-0.15, -0.1) is 0 Å². The molecule has 0 saturated heterocycles. The lowest BCUT2D eigenvalue weighted by Crippen LogP contribution is -1.99. The van der Waals surface area contributed by atoms with E-state index in [4.69, 9.17) is 0 Å². The highest BCUT2D eigenvalue weighted by molar-refractivity contribution is 5.78. The van der Waals surface area contributed by atoms with Crippen molar-refractivity contribution in [2.45, 2.75) is 27.2 Å². The van der Waals surface area contributed by atoms with Crippen LogP contribution in [0.25, 0.3) is 0 Å². The van der Waals surface area contributed by atoms with Crippen molar-refractivity contribution in [3.63, 3.8) is 0 Å². The summed E-state index contributed by atoms with van der Waals surface area (Å²) in [6, 6.07) is 6.09. The molecular formula is C11H14O. The van der Waals surface area contributed by atoms with Gasteiger partial charge >= 0.3 is 0 Å². The Balaban J connectivity index is 3.00. The fourth-order valence-electron chi connectivity index (χ4n) is 1.27. The smallest absolute Gasteiger partial charge is 0.134 e. The van der Waals surface area contributed by atoms with Crippen LogP contribution in [0.15, 0.2) is 18.2 Å². The second-order valence-corrected chi connectivity index (χ2v) is 3.24. The van der Waals surface area contributed by atoms with E-state index in [1.54, 1.807) is 6.92 Å². The van der Waals surface area contributed by atoms with Gasteiger partial charge in [0.05, 0.1) is 0 Å². The Labute approximate surface area is 73.4 Å². The van der Waals surface area contributed by atoms with Crippen LogP contribution in [-0.2, 0) is 11.2 Å². The van der Waals surface area contributed by atoms with Gasteiger partial charge in [0, 0.05) is 6.42 Å². The quantitative estimate of drug-likeness (QED) is 0.652. The number of ketones is 1. The number of rotatable bonds is 2. The molecule has 0 fully saturated rings. The van der Waals surface area contributed by atoms with Gasteiger partial charge in [0.1, 0.15) is 5.78 Å². The van der Waals surface area contributed by atoms with Crippen LogP contribution in [0.2, 0.25) is 0 Å². The Bertz CT molecular complexity index is 300. The molecule has 64 valence electrons. The molecule has 12 heavy (non-hydrogen) atoms. The van der Waals surface area contributed by atoms with Crippen molar-refractivity contribution in [1.29, 1.82) is 0 Å². The molecule has 0 N–H and O–H groups in total. The Morgan fingerprint density at radius 1 is 1.33 bits per heavy atom. The molecule has 0 heterocycles. The molecule has 0 saturated carbocycles. The van der Waals surface area contributed by atoms with Gasteiger partial charge in [-0.2, -0.15) is 0 Å². The summed E-state index contributed by atoms with van der Waals surface area (Å²) < 4.78 is 0. The van der Waals surface area contributed by atoms with Gasteiger partial charge < -0.3 is 0 Å². The zero-order valence-corrected chi connectivity index (χ0v) is 7.85. The summed E-state index contributed by atoms with van der Waals surface area (Å²) >= 11 is 0. The molecule has 0 unspecified atom stereocenters. The lowest BCUT2D eigenvalue weighted by Gasteiger charge is -2.05. The zero-order chi connectivity index (χ0) is 9.14. The molecule has 0 radical (unpaired) electrons. The standard InChI is InChI=1S/C11H14O/c1-8-5-4-6-11(10(8)3)7-9(2)12/h4-6H,7H2,1-3H3. The Kier molecular flexibility index (Phi) is 2.64. The number of aryl methyl sites for hydroxylation is 1. The van der Waals surface area contributed by atoms with Crippen LogP contribution >= 0.6 is 0 Å². The minimum atomic E-state index is 0.226. The van der Waals surface area contributed by atoms with Crippen LogP contribution in [0.3, 0.4) is 0 Å².